The molecule has 0 saturated carbocycles. The number of nitrogens with zero attached hydrogens (tertiary/aromatic N) is 1. The van der Waals surface area contributed by atoms with E-state index >= 15 is 0 Å². The minimum atomic E-state index is 0.441. The Balaban J connectivity index is 3.60. The number of hydrogen-bond donors (Lipinski definition) is 0. The van der Waals surface area contributed by atoms with Crippen molar-refractivity contribution in [2.75, 3.05) is 0 Å². The van der Waals surface area contributed by atoms with Gasteiger partial charge < -0.3 is 0 Å². The van der Waals surface area contributed by atoms with Gasteiger partial charge in [-0.25, -0.2) is 0 Å². The molecule has 0 spiro atoms. The van der Waals surface area contributed by atoms with Crippen LogP contribution >= 0.6 is 0 Å². The molecule has 1 atom stereocenters. The van der Waals surface area contributed by atoms with Crippen LogP contribution in [-0.4, -0.2) is 12.3 Å². The van der Waals surface area contributed by atoms with Crippen molar-refractivity contribution in [3.63, 3.8) is 0 Å². The topological polar surface area (TPSA) is 12.4 Å². The Labute approximate surface area is 76.6 Å². The van der Waals surface area contributed by atoms with Gasteiger partial charge in [-0.15, -0.1) is 0 Å². The second-order valence-electron chi connectivity index (χ2n) is 3.50. The van der Waals surface area contributed by atoms with Crippen molar-refractivity contribution >= 4 is 6.21 Å². The highest BCUT2D eigenvalue weighted by atomic mass is 14.8. The van der Waals surface area contributed by atoms with Crippen LogP contribution in [0.2, 0.25) is 0 Å². The molecule has 12 heavy (non-hydrogen) atoms. The summed E-state index contributed by atoms with van der Waals surface area (Å²) < 4.78 is 0. The Hall–Kier alpha value is -0.590. The number of allylic oxidation sites excluding steroid dienone is 2. The first-order valence-corrected chi connectivity index (χ1v) is 4.86. The van der Waals surface area contributed by atoms with Gasteiger partial charge in [0.25, 0.3) is 0 Å². The summed E-state index contributed by atoms with van der Waals surface area (Å²) in [6.45, 7) is 8.71. The van der Waals surface area contributed by atoms with Crippen LogP contribution in [0.3, 0.4) is 0 Å². The van der Waals surface area contributed by atoms with E-state index < -0.39 is 0 Å². The van der Waals surface area contributed by atoms with Crippen molar-refractivity contribution in [3.05, 3.63) is 12.2 Å². The second kappa shape index (κ2) is 7.08. The van der Waals surface area contributed by atoms with Crippen LogP contribution in [0.1, 0.15) is 40.5 Å². The predicted molar refractivity (Wildman–Crippen MR) is 56.8 cm³/mol. The fourth-order valence-electron chi connectivity index (χ4n) is 0.681. The molecule has 0 bridgehead atoms. The third-order valence-corrected chi connectivity index (χ3v) is 1.96. The highest BCUT2D eigenvalue weighted by molar-refractivity contribution is 5.71. The fraction of sp³-hybridized carbons (Fsp3) is 0.727. The zero-order valence-corrected chi connectivity index (χ0v) is 8.75. The molecule has 70 valence electrons. The number of rotatable bonds is 5. The molecule has 0 aliphatic rings. The van der Waals surface area contributed by atoms with E-state index in [2.05, 4.69) is 38.8 Å². The molecule has 0 aromatic carbocycles. The van der Waals surface area contributed by atoms with E-state index in [1.54, 1.807) is 0 Å². The van der Waals surface area contributed by atoms with Crippen molar-refractivity contribution < 1.29 is 0 Å². The summed E-state index contributed by atoms with van der Waals surface area (Å²) in [6, 6.07) is 0.441. The molecule has 0 aromatic rings. The van der Waals surface area contributed by atoms with Gasteiger partial charge in [0.2, 0.25) is 0 Å². The van der Waals surface area contributed by atoms with E-state index in [0.717, 1.165) is 6.42 Å². The Bertz CT molecular complexity index is 145. The van der Waals surface area contributed by atoms with Gasteiger partial charge in [0.05, 0.1) is 0 Å². The van der Waals surface area contributed by atoms with Crippen molar-refractivity contribution in [1.82, 2.24) is 0 Å². The van der Waals surface area contributed by atoms with Gasteiger partial charge in [0.1, 0.15) is 0 Å². The van der Waals surface area contributed by atoms with Crippen molar-refractivity contribution in [2.45, 2.75) is 46.6 Å². The van der Waals surface area contributed by atoms with Gasteiger partial charge in [0.15, 0.2) is 0 Å². The lowest BCUT2D eigenvalue weighted by atomic mass is 10.1. The Morgan fingerprint density at radius 2 is 1.92 bits per heavy atom. The molecule has 0 N–H and O–H groups in total. The maximum absolute atomic E-state index is 4.38. The van der Waals surface area contributed by atoms with Gasteiger partial charge in [-0.05, 0) is 25.3 Å². The molecular formula is C11H21N. The summed E-state index contributed by atoms with van der Waals surface area (Å²) in [4.78, 5) is 4.38. The molecule has 0 fully saturated rings. The van der Waals surface area contributed by atoms with E-state index in [1.165, 1.54) is 6.42 Å². The number of aliphatic imine (C=N–C) groups is 1. The van der Waals surface area contributed by atoms with E-state index in [4.69, 9.17) is 0 Å². The smallest absolute Gasteiger partial charge is 0.0494 e. The normalized spacial score (nSPS) is 15.1. The molecule has 0 heterocycles. The first-order chi connectivity index (χ1) is 5.68. The Morgan fingerprint density at radius 3 is 2.42 bits per heavy atom. The van der Waals surface area contributed by atoms with Crippen LogP contribution in [0.25, 0.3) is 0 Å². The molecule has 0 radical (unpaired) electrons. The average Bonchev–Trinajstić information content (AvgIpc) is 2.03. The standard InChI is InChI=1S/C11H21N/c1-5-6-7-8-9-12-11(4)10(2)3/h7-11H,5-6H2,1-4H3/b8-7-,12-9?. The average molecular weight is 167 g/mol. The molecule has 1 heteroatoms. The second-order valence-corrected chi connectivity index (χ2v) is 3.50. The van der Waals surface area contributed by atoms with E-state index in [9.17, 15) is 0 Å². The monoisotopic (exact) mass is 167 g/mol. The molecule has 0 amide bonds. The predicted octanol–water partition coefficient (Wildman–Crippen LogP) is 3.46. The molecule has 0 aromatic heterocycles. The molecule has 1 nitrogen and oxygen atoms in total. The zero-order chi connectivity index (χ0) is 9.40. The third-order valence-electron chi connectivity index (χ3n) is 1.96. The van der Waals surface area contributed by atoms with Crippen LogP contribution in [0.5, 0.6) is 0 Å². The van der Waals surface area contributed by atoms with Gasteiger partial charge in [-0.1, -0.05) is 33.3 Å². The first kappa shape index (κ1) is 11.4. The minimum absolute atomic E-state index is 0.441. The lowest BCUT2D eigenvalue weighted by Gasteiger charge is -2.08. The largest absolute Gasteiger partial charge is 0.290 e. The first-order valence-electron chi connectivity index (χ1n) is 4.86. The van der Waals surface area contributed by atoms with Gasteiger partial charge in [0, 0.05) is 12.3 Å². The summed E-state index contributed by atoms with van der Waals surface area (Å²) in [5.41, 5.74) is 0. The van der Waals surface area contributed by atoms with Crippen LogP contribution in [0.4, 0.5) is 0 Å². The highest BCUT2D eigenvalue weighted by Crippen LogP contribution is 2.03. The fourth-order valence-corrected chi connectivity index (χ4v) is 0.681. The molecule has 0 aliphatic heterocycles. The Kier molecular flexibility index (Phi) is 6.73. The maximum Gasteiger partial charge on any atom is 0.0494 e. The molecule has 0 saturated heterocycles. The minimum Gasteiger partial charge on any atom is -0.290 e. The van der Waals surface area contributed by atoms with Gasteiger partial charge in [-0.2, -0.15) is 0 Å². The summed E-state index contributed by atoms with van der Waals surface area (Å²) in [5, 5.41) is 0. The van der Waals surface area contributed by atoms with E-state index in [0.29, 0.717) is 12.0 Å². The summed E-state index contributed by atoms with van der Waals surface area (Å²) in [5.74, 6) is 0.640. The zero-order valence-electron chi connectivity index (χ0n) is 8.75. The SMILES string of the molecule is CCC/C=C\C=NC(C)C(C)C. The van der Waals surface area contributed by atoms with Gasteiger partial charge in [-0.3, -0.25) is 4.99 Å². The quantitative estimate of drug-likeness (QED) is 0.556. The molecule has 1 unspecified atom stereocenters. The number of hydrogen-bond acceptors (Lipinski definition) is 1. The Morgan fingerprint density at radius 1 is 1.25 bits per heavy atom. The van der Waals surface area contributed by atoms with Crippen LogP contribution in [0, 0.1) is 5.92 Å². The third kappa shape index (κ3) is 6.14. The summed E-state index contributed by atoms with van der Waals surface area (Å²) in [7, 11) is 0. The van der Waals surface area contributed by atoms with Gasteiger partial charge >= 0.3 is 0 Å². The van der Waals surface area contributed by atoms with Crippen LogP contribution < -0.4 is 0 Å². The maximum atomic E-state index is 4.38. The van der Waals surface area contributed by atoms with Crippen molar-refractivity contribution in [3.8, 4) is 0 Å². The lowest BCUT2D eigenvalue weighted by Crippen LogP contribution is -2.06. The number of unbranched alkanes of at least 4 members (excludes halogenated alkanes) is 1. The van der Waals surface area contributed by atoms with Crippen LogP contribution in [-0.2, 0) is 0 Å². The molecule has 0 aliphatic carbocycles. The van der Waals surface area contributed by atoms with Crippen molar-refractivity contribution in [2.24, 2.45) is 10.9 Å². The molecular weight excluding hydrogens is 146 g/mol. The lowest BCUT2D eigenvalue weighted by molar-refractivity contribution is 0.533. The highest BCUT2D eigenvalue weighted by Gasteiger charge is 2.01. The summed E-state index contributed by atoms with van der Waals surface area (Å²) >= 11 is 0. The molecule has 0 rings (SSSR count). The van der Waals surface area contributed by atoms with E-state index in [-0.39, 0.29) is 0 Å². The van der Waals surface area contributed by atoms with E-state index in [1.807, 2.05) is 12.3 Å². The van der Waals surface area contributed by atoms with Crippen molar-refractivity contribution in [1.29, 1.82) is 0 Å². The summed E-state index contributed by atoms with van der Waals surface area (Å²) in [6.07, 6.45) is 8.49. The van der Waals surface area contributed by atoms with Crippen LogP contribution in [0.15, 0.2) is 17.1 Å².